The summed E-state index contributed by atoms with van der Waals surface area (Å²) in [6.07, 6.45) is 7.41. The van der Waals surface area contributed by atoms with Gasteiger partial charge < -0.3 is 15.1 Å². The van der Waals surface area contributed by atoms with Crippen LogP contribution in [0.4, 0.5) is 0 Å². The quantitative estimate of drug-likeness (QED) is 0.351. The fourth-order valence-electron chi connectivity index (χ4n) is 2.59. The molecular weight excluding hydrogens is 389 g/mol. The smallest absolute Gasteiger partial charge is 0.191 e. The van der Waals surface area contributed by atoms with E-state index in [0.29, 0.717) is 6.04 Å². The van der Waals surface area contributed by atoms with Crippen LogP contribution in [-0.4, -0.2) is 25.6 Å². The lowest BCUT2D eigenvalue weighted by molar-refractivity contribution is 0.543. The summed E-state index contributed by atoms with van der Waals surface area (Å²) in [5, 5.41) is 7.92. The Morgan fingerprint density at radius 2 is 2.05 bits per heavy atom. The molecule has 0 aliphatic heterocycles. The Bertz CT molecular complexity index is 622. The van der Waals surface area contributed by atoms with Gasteiger partial charge in [0.2, 0.25) is 0 Å². The van der Waals surface area contributed by atoms with E-state index in [1.54, 1.807) is 7.05 Å². The highest BCUT2D eigenvalue weighted by atomic mass is 127. The number of para-hydroxylation sites is 1. The first-order chi connectivity index (χ1) is 10.3. The maximum atomic E-state index is 5.81. The molecule has 118 valence electrons. The second-order valence-corrected chi connectivity index (χ2v) is 5.28. The van der Waals surface area contributed by atoms with E-state index in [1.807, 2.05) is 18.2 Å². The largest absolute Gasteiger partial charge is 0.461 e. The third-order valence-electron chi connectivity index (χ3n) is 3.71. The molecule has 0 atom stereocenters. The molecule has 1 aromatic carbocycles. The zero-order valence-electron chi connectivity index (χ0n) is 12.7. The minimum absolute atomic E-state index is 0. The Morgan fingerprint density at radius 1 is 1.27 bits per heavy atom. The van der Waals surface area contributed by atoms with Gasteiger partial charge in [-0.15, -0.1) is 24.0 Å². The standard InChI is InChI=1S/C17H21N3O.HI/c1-18-17(20-14-7-3-4-8-14)19-11-10-15-12-13-6-2-5-9-16(13)21-15;/h2-6,9,12,14H,7-8,10-11H2,1H3,(H2,18,19,20);1H. The van der Waals surface area contributed by atoms with Crippen molar-refractivity contribution in [3.05, 3.63) is 48.2 Å². The van der Waals surface area contributed by atoms with Crippen LogP contribution in [0.5, 0.6) is 0 Å². The van der Waals surface area contributed by atoms with E-state index in [-0.39, 0.29) is 24.0 Å². The first kappa shape index (κ1) is 16.9. The van der Waals surface area contributed by atoms with E-state index in [9.17, 15) is 0 Å². The molecule has 1 aliphatic carbocycles. The van der Waals surface area contributed by atoms with Gasteiger partial charge in [-0.1, -0.05) is 30.4 Å². The fourth-order valence-corrected chi connectivity index (χ4v) is 2.59. The summed E-state index contributed by atoms with van der Waals surface area (Å²) in [5.74, 6) is 1.86. The SMILES string of the molecule is CN=C(NCCc1cc2ccccc2o1)NC1CC=CC1.I. The van der Waals surface area contributed by atoms with Gasteiger partial charge in [0.25, 0.3) is 0 Å². The van der Waals surface area contributed by atoms with Crippen LogP contribution in [0.2, 0.25) is 0 Å². The van der Waals surface area contributed by atoms with Crippen molar-refractivity contribution in [3.8, 4) is 0 Å². The Hall–Kier alpha value is -1.50. The number of nitrogens with one attached hydrogen (secondary N) is 2. The van der Waals surface area contributed by atoms with E-state index < -0.39 is 0 Å². The molecule has 0 fully saturated rings. The zero-order valence-corrected chi connectivity index (χ0v) is 15.0. The van der Waals surface area contributed by atoms with E-state index in [4.69, 9.17) is 4.42 Å². The summed E-state index contributed by atoms with van der Waals surface area (Å²) in [6, 6.07) is 10.7. The van der Waals surface area contributed by atoms with Crippen LogP contribution in [0.3, 0.4) is 0 Å². The van der Waals surface area contributed by atoms with E-state index in [2.05, 4.69) is 39.9 Å². The zero-order chi connectivity index (χ0) is 14.5. The molecule has 4 nitrogen and oxygen atoms in total. The number of halogens is 1. The van der Waals surface area contributed by atoms with Crippen LogP contribution in [-0.2, 0) is 6.42 Å². The number of guanidine groups is 1. The second-order valence-electron chi connectivity index (χ2n) is 5.28. The molecule has 1 aliphatic rings. The lowest BCUT2D eigenvalue weighted by atomic mass is 10.2. The molecule has 2 aromatic rings. The van der Waals surface area contributed by atoms with Crippen LogP contribution in [0, 0.1) is 0 Å². The molecule has 0 spiro atoms. The molecule has 1 aromatic heterocycles. The molecule has 22 heavy (non-hydrogen) atoms. The fraction of sp³-hybridized carbons (Fsp3) is 0.353. The van der Waals surface area contributed by atoms with Crippen molar-refractivity contribution in [2.24, 2.45) is 4.99 Å². The van der Waals surface area contributed by atoms with Crippen molar-refractivity contribution < 1.29 is 4.42 Å². The molecule has 0 saturated heterocycles. The number of fused-ring (bicyclic) bond motifs is 1. The summed E-state index contributed by atoms with van der Waals surface area (Å²) in [4.78, 5) is 4.26. The molecular formula is C17H22IN3O. The van der Waals surface area contributed by atoms with E-state index in [0.717, 1.165) is 48.5 Å². The topological polar surface area (TPSA) is 49.6 Å². The average molecular weight is 411 g/mol. The highest BCUT2D eigenvalue weighted by Crippen LogP contribution is 2.18. The van der Waals surface area contributed by atoms with Crippen LogP contribution in [0.15, 0.2) is 51.9 Å². The van der Waals surface area contributed by atoms with Gasteiger partial charge in [-0.2, -0.15) is 0 Å². The highest BCUT2D eigenvalue weighted by Gasteiger charge is 2.11. The molecule has 0 radical (unpaired) electrons. The Kier molecular flexibility index (Phi) is 6.30. The van der Waals surface area contributed by atoms with Gasteiger partial charge in [-0.3, -0.25) is 4.99 Å². The maximum Gasteiger partial charge on any atom is 0.191 e. The van der Waals surface area contributed by atoms with Crippen molar-refractivity contribution >= 4 is 40.9 Å². The van der Waals surface area contributed by atoms with Crippen LogP contribution < -0.4 is 10.6 Å². The summed E-state index contributed by atoms with van der Waals surface area (Å²) >= 11 is 0. The van der Waals surface area contributed by atoms with Crippen molar-refractivity contribution in [2.75, 3.05) is 13.6 Å². The first-order valence-electron chi connectivity index (χ1n) is 7.45. The molecule has 0 amide bonds. The van der Waals surface area contributed by atoms with Crippen molar-refractivity contribution in [1.29, 1.82) is 0 Å². The summed E-state index contributed by atoms with van der Waals surface area (Å²) in [6.45, 7) is 0.805. The number of rotatable bonds is 4. The van der Waals surface area contributed by atoms with Gasteiger partial charge in [-0.25, -0.2) is 0 Å². The number of benzene rings is 1. The molecule has 1 heterocycles. The summed E-state index contributed by atoms with van der Waals surface area (Å²) in [7, 11) is 1.80. The van der Waals surface area contributed by atoms with Crippen LogP contribution in [0.25, 0.3) is 11.0 Å². The van der Waals surface area contributed by atoms with Crippen molar-refractivity contribution in [1.82, 2.24) is 10.6 Å². The second kappa shape index (κ2) is 8.22. The van der Waals surface area contributed by atoms with Gasteiger partial charge in [0.05, 0.1) is 0 Å². The van der Waals surface area contributed by atoms with Gasteiger partial charge in [0.1, 0.15) is 11.3 Å². The molecule has 0 saturated carbocycles. The lowest BCUT2D eigenvalue weighted by Gasteiger charge is -2.16. The molecule has 0 unspecified atom stereocenters. The van der Waals surface area contributed by atoms with E-state index >= 15 is 0 Å². The third kappa shape index (κ3) is 4.25. The normalized spacial score (nSPS) is 15.0. The van der Waals surface area contributed by atoms with Gasteiger partial charge in [0, 0.05) is 31.4 Å². The lowest BCUT2D eigenvalue weighted by Crippen LogP contribution is -2.43. The van der Waals surface area contributed by atoms with E-state index in [1.165, 1.54) is 0 Å². The number of furan rings is 1. The van der Waals surface area contributed by atoms with Gasteiger partial charge in [0.15, 0.2) is 5.96 Å². The minimum Gasteiger partial charge on any atom is -0.461 e. The Labute approximate surface area is 148 Å². The van der Waals surface area contributed by atoms with Crippen molar-refractivity contribution in [3.63, 3.8) is 0 Å². The van der Waals surface area contributed by atoms with Gasteiger partial charge >= 0.3 is 0 Å². The monoisotopic (exact) mass is 411 g/mol. The van der Waals surface area contributed by atoms with Crippen LogP contribution >= 0.6 is 24.0 Å². The number of aliphatic imine (C=N–C) groups is 1. The third-order valence-corrected chi connectivity index (χ3v) is 3.71. The first-order valence-corrected chi connectivity index (χ1v) is 7.45. The number of nitrogens with zero attached hydrogens (tertiary/aromatic N) is 1. The molecule has 3 rings (SSSR count). The van der Waals surface area contributed by atoms with Crippen molar-refractivity contribution in [2.45, 2.75) is 25.3 Å². The molecule has 5 heteroatoms. The Balaban J connectivity index is 0.00000176. The predicted molar refractivity (Wildman–Crippen MR) is 102 cm³/mol. The number of hydrogen-bond donors (Lipinski definition) is 2. The minimum atomic E-state index is 0. The molecule has 0 bridgehead atoms. The molecule has 2 N–H and O–H groups in total. The Morgan fingerprint density at radius 3 is 2.77 bits per heavy atom. The summed E-state index contributed by atoms with van der Waals surface area (Å²) in [5.41, 5.74) is 0.951. The highest BCUT2D eigenvalue weighted by molar-refractivity contribution is 14.0. The average Bonchev–Trinajstić information content (AvgIpc) is 3.14. The van der Waals surface area contributed by atoms with Gasteiger partial charge in [-0.05, 0) is 25.0 Å². The predicted octanol–water partition coefficient (Wildman–Crippen LogP) is 3.48. The van der Waals surface area contributed by atoms with Crippen LogP contribution in [0.1, 0.15) is 18.6 Å². The number of hydrogen-bond acceptors (Lipinski definition) is 2. The summed E-state index contributed by atoms with van der Waals surface area (Å²) < 4.78 is 5.81. The maximum absolute atomic E-state index is 5.81.